The van der Waals surface area contributed by atoms with Crippen LogP contribution in [-0.2, 0) is 4.74 Å². The highest BCUT2D eigenvalue weighted by atomic mass is 16.6. The lowest BCUT2D eigenvalue weighted by atomic mass is 9.72. The molecule has 4 heteroatoms. The molecule has 2 aliphatic rings. The summed E-state index contributed by atoms with van der Waals surface area (Å²) in [6.07, 6.45) is 5.10. The molecule has 0 bridgehead atoms. The standard InChI is InChI=1S/C17H31NO3/c1-12-6-5-7-13(10-12)14-11-18(9-8-15(14)19)16(20)21-17(2,3)4/h12-15,19H,5-11H2,1-4H3. The topological polar surface area (TPSA) is 49.8 Å². The molecular weight excluding hydrogens is 266 g/mol. The first-order valence-corrected chi connectivity index (χ1v) is 8.42. The lowest BCUT2D eigenvalue weighted by Crippen LogP contribution is -2.50. The quantitative estimate of drug-likeness (QED) is 0.806. The Morgan fingerprint density at radius 2 is 1.95 bits per heavy atom. The highest BCUT2D eigenvalue weighted by molar-refractivity contribution is 5.68. The van der Waals surface area contributed by atoms with Gasteiger partial charge in [0.25, 0.3) is 0 Å². The monoisotopic (exact) mass is 297 g/mol. The number of hydrogen-bond acceptors (Lipinski definition) is 3. The lowest BCUT2D eigenvalue weighted by molar-refractivity contribution is -0.0295. The van der Waals surface area contributed by atoms with Crippen molar-refractivity contribution in [1.29, 1.82) is 0 Å². The van der Waals surface area contributed by atoms with Crippen LogP contribution in [0.2, 0.25) is 0 Å². The number of likely N-dealkylation sites (tertiary alicyclic amines) is 1. The molecule has 4 nitrogen and oxygen atoms in total. The van der Waals surface area contributed by atoms with Crippen molar-refractivity contribution >= 4 is 6.09 Å². The third kappa shape index (κ3) is 4.60. The number of ether oxygens (including phenoxy) is 1. The lowest BCUT2D eigenvalue weighted by Gasteiger charge is -2.42. The number of rotatable bonds is 1. The normalized spacial score (nSPS) is 34.6. The average molecular weight is 297 g/mol. The summed E-state index contributed by atoms with van der Waals surface area (Å²) < 4.78 is 5.47. The van der Waals surface area contributed by atoms with E-state index < -0.39 is 5.60 Å². The molecule has 1 heterocycles. The number of amides is 1. The van der Waals surface area contributed by atoms with Crippen molar-refractivity contribution in [1.82, 2.24) is 4.90 Å². The SMILES string of the molecule is CC1CCCC(C2CN(C(=O)OC(C)(C)C)CCC2O)C1. The molecule has 0 aromatic carbocycles. The third-order valence-corrected chi connectivity index (χ3v) is 4.85. The first-order chi connectivity index (χ1) is 9.76. The maximum atomic E-state index is 12.2. The van der Waals surface area contributed by atoms with Gasteiger partial charge in [0.1, 0.15) is 5.60 Å². The van der Waals surface area contributed by atoms with E-state index in [1.807, 2.05) is 20.8 Å². The molecule has 1 aliphatic carbocycles. The predicted molar refractivity (Wildman–Crippen MR) is 83.0 cm³/mol. The van der Waals surface area contributed by atoms with Gasteiger partial charge in [0, 0.05) is 19.0 Å². The van der Waals surface area contributed by atoms with Gasteiger partial charge in [-0.05, 0) is 45.4 Å². The fourth-order valence-corrected chi connectivity index (χ4v) is 3.80. The molecule has 0 aromatic rings. The van der Waals surface area contributed by atoms with E-state index in [1.165, 1.54) is 25.7 Å². The van der Waals surface area contributed by atoms with Crippen molar-refractivity contribution in [3.8, 4) is 0 Å². The van der Waals surface area contributed by atoms with Crippen LogP contribution in [0.3, 0.4) is 0 Å². The Hall–Kier alpha value is -0.770. The van der Waals surface area contributed by atoms with Crippen molar-refractivity contribution in [2.75, 3.05) is 13.1 Å². The number of aliphatic hydroxyl groups excluding tert-OH is 1. The van der Waals surface area contributed by atoms with E-state index >= 15 is 0 Å². The molecule has 4 atom stereocenters. The number of nitrogens with zero attached hydrogens (tertiary/aromatic N) is 1. The zero-order chi connectivity index (χ0) is 15.6. The van der Waals surface area contributed by atoms with Gasteiger partial charge in [0.05, 0.1) is 6.10 Å². The third-order valence-electron chi connectivity index (χ3n) is 4.85. The van der Waals surface area contributed by atoms with Gasteiger partial charge in [-0.3, -0.25) is 0 Å². The van der Waals surface area contributed by atoms with Crippen molar-refractivity contribution in [3.05, 3.63) is 0 Å². The smallest absolute Gasteiger partial charge is 0.410 e. The molecule has 4 unspecified atom stereocenters. The van der Waals surface area contributed by atoms with Crippen molar-refractivity contribution < 1.29 is 14.6 Å². The highest BCUT2D eigenvalue weighted by Crippen LogP contribution is 2.37. The summed E-state index contributed by atoms with van der Waals surface area (Å²) in [6.45, 7) is 9.23. The Balaban J connectivity index is 1.97. The van der Waals surface area contributed by atoms with Gasteiger partial charge in [-0.2, -0.15) is 0 Å². The van der Waals surface area contributed by atoms with Crippen LogP contribution in [0.15, 0.2) is 0 Å². The second-order valence-electron chi connectivity index (χ2n) is 7.98. The van der Waals surface area contributed by atoms with Gasteiger partial charge >= 0.3 is 6.09 Å². The Bertz CT molecular complexity index is 364. The summed E-state index contributed by atoms with van der Waals surface area (Å²) in [4.78, 5) is 14.0. The Morgan fingerprint density at radius 3 is 2.57 bits per heavy atom. The summed E-state index contributed by atoms with van der Waals surface area (Å²) in [7, 11) is 0. The van der Waals surface area contributed by atoms with E-state index in [2.05, 4.69) is 6.92 Å². The molecular formula is C17H31NO3. The van der Waals surface area contributed by atoms with Crippen molar-refractivity contribution in [2.24, 2.45) is 17.8 Å². The van der Waals surface area contributed by atoms with Gasteiger partial charge in [-0.1, -0.05) is 26.2 Å². The maximum Gasteiger partial charge on any atom is 0.410 e. The second kappa shape index (κ2) is 6.55. The molecule has 0 radical (unpaired) electrons. The van der Waals surface area contributed by atoms with Crippen LogP contribution in [0.1, 0.15) is 59.8 Å². The van der Waals surface area contributed by atoms with Crippen LogP contribution in [0, 0.1) is 17.8 Å². The van der Waals surface area contributed by atoms with Gasteiger partial charge < -0.3 is 14.7 Å². The van der Waals surface area contributed by atoms with Crippen LogP contribution < -0.4 is 0 Å². The van der Waals surface area contributed by atoms with Gasteiger partial charge in [0.2, 0.25) is 0 Å². The van der Waals surface area contributed by atoms with Crippen LogP contribution in [0.5, 0.6) is 0 Å². The fraction of sp³-hybridized carbons (Fsp3) is 0.941. The molecule has 1 saturated carbocycles. The van der Waals surface area contributed by atoms with E-state index in [0.29, 0.717) is 25.4 Å². The highest BCUT2D eigenvalue weighted by Gasteiger charge is 2.38. The van der Waals surface area contributed by atoms with Crippen molar-refractivity contribution in [3.63, 3.8) is 0 Å². The van der Waals surface area contributed by atoms with Crippen LogP contribution in [0.4, 0.5) is 4.79 Å². The van der Waals surface area contributed by atoms with Gasteiger partial charge in [-0.25, -0.2) is 4.79 Å². The molecule has 1 N–H and O–H groups in total. The molecule has 1 saturated heterocycles. The molecule has 0 spiro atoms. The molecule has 2 rings (SSSR count). The number of aliphatic hydroxyl groups is 1. The molecule has 2 fully saturated rings. The summed E-state index contributed by atoms with van der Waals surface area (Å²) in [6, 6.07) is 0. The number of carbonyl (C=O) groups is 1. The molecule has 1 aliphatic heterocycles. The van der Waals surface area contributed by atoms with Gasteiger partial charge in [0.15, 0.2) is 0 Å². The van der Waals surface area contributed by atoms with E-state index in [0.717, 1.165) is 5.92 Å². The minimum absolute atomic E-state index is 0.217. The largest absolute Gasteiger partial charge is 0.444 e. The summed E-state index contributed by atoms with van der Waals surface area (Å²) in [5.74, 6) is 1.51. The molecule has 21 heavy (non-hydrogen) atoms. The van der Waals surface area contributed by atoms with E-state index in [4.69, 9.17) is 4.74 Å². The minimum atomic E-state index is -0.456. The molecule has 122 valence electrons. The minimum Gasteiger partial charge on any atom is -0.444 e. The maximum absolute atomic E-state index is 12.2. The number of hydrogen-bond donors (Lipinski definition) is 1. The zero-order valence-electron chi connectivity index (χ0n) is 14.0. The average Bonchev–Trinajstić information content (AvgIpc) is 2.37. The summed E-state index contributed by atoms with van der Waals surface area (Å²) >= 11 is 0. The first-order valence-electron chi connectivity index (χ1n) is 8.42. The van der Waals surface area contributed by atoms with E-state index in [1.54, 1.807) is 4.90 Å². The van der Waals surface area contributed by atoms with Crippen LogP contribution in [0.25, 0.3) is 0 Å². The van der Waals surface area contributed by atoms with Crippen LogP contribution >= 0.6 is 0 Å². The number of carbonyl (C=O) groups excluding carboxylic acids is 1. The second-order valence-corrected chi connectivity index (χ2v) is 7.98. The molecule has 0 aromatic heterocycles. The summed E-state index contributed by atoms with van der Waals surface area (Å²) in [5.41, 5.74) is -0.456. The first kappa shape index (κ1) is 16.6. The Morgan fingerprint density at radius 1 is 1.24 bits per heavy atom. The van der Waals surface area contributed by atoms with Gasteiger partial charge in [-0.15, -0.1) is 0 Å². The Labute approximate surface area is 128 Å². The van der Waals surface area contributed by atoms with E-state index in [-0.39, 0.29) is 18.1 Å². The zero-order valence-corrected chi connectivity index (χ0v) is 14.0. The predicted octanol–water partition coefficient (Wildman–Crippen LogP) is 3.43. The number of piperidine rings is 1. The fourth-order valence-electron chi connectivity index (χ4n) is 3.80. The van der Waals surface area contributed by atoms with E-state index in [9.17, 15) is 9.90 Å². The van der Waals surface area contributed by atoms with Crippen LogP contribution in [-0.4, -0.2) is 40.9 Å². The summed E-state index contributed by atoms with van der Waals surface area (Å²) in [5, 5.41) is 10.4. The molecule has 1 amide bonds. The van der Waals surface area contributed by atoms with Crippen molar-refractivity contribution in [2.45, 2.75) is 71.5 Å². The Kier molecular flexibility index (Phi) is 5.18.